The van der Waals surface area contributed by atoms with E-state index >= 15 is 0 Å². The SMILES string of the molecule is O=C(CCn1nc(-c2ccc(F)cc2)ccc1=O)NCc1ccc(F)cc1F. The van der Waals surface area contributed by atoms with E-state index in [9.17, 15) is 22.8 Å². The van der Waals surface area contributed by atoms with Gasteiger partial charge in [0.1, 0.15) is 17.5 Å². The van der Waals surface area contributed by atoms with E-state index in [1.165, 1.54) is 42.5 Å². The Kier molecular flexibility index (Phi) is 5.88. The van der Waals surface area contributed by atoms with Crippen LogP contribution in [0.3, 0.4) is 0 Å². The van der Waals surface area contributed by atoms with Gasteiger partial charge in [0.05, 0.1) is 12.2 Å². The fourth-order valence-electron chi connectivity index (χ4n) is 2.54. The van der Waals surface area contributed by atoms with Crippen LogP contribution in [0, 0.1) is 17.5 Å². The molecule has 1 heterocycles. The molecule has 2 aromatic carbocycles. The zero-order valence-corrected chi connectivity index (χ0v) is 14.7. The predicted octanol–water partition coefficient (Wildman–Crippen LogP) is 3.03. The van der Waals surface area contributed by atoms with Crippen molar-refractivity contribution in [2.24, 2.45) is 0 Å². The molecule has 3 aromatic rings. The van der Waals surface area contributed by atoms with Crippen molar-refractivity contribution in [3.05, 3.63) is 88.0 Å². The van der Waals surface area contributed by atoms with Gasteiger partial charge in [0.2, 0.25) is 5.91 Å². The lowest BCUT2D eigenvalue weighted by molar-refractivity contribution is -0.121. The first-order valence-corrected chi connectivity index (χ1v) is 8.47. The topological polar surface area (TPSA) is 64.0 Å². The van der Waals surface area contributed by atoms with Crippen molar-refractivity contribution < 1.29 is 18.0 Å². The molecule has 5 nitrogen and oxygen atoms in total. The number of amides is 1. The Hall–Kier alpha value is -3.42. The number of nitrogens with one attached hydrogen (secondary N) is 1. The summed E-state index contributed by atoms with van der Waals surface area (Å²) in [6.45, 7) is -0.0749. The average molecular weight is 387 g/mol. The Morgan fingerprint density at radius 3 is 2.39 bits per heavy atom. The maximum absolute atomic E-state index is 13.6. The summed E-state index contributed by atoms with van der Waals surface area (Å²) in [6, 6.07) is 11.6. The summed E-state index contributed by atoms with van der Waals surface area (Å²) >= 11 is 0. The maximum Gasteiger partial charge on any atom is 0.266 e. The molecule has 0 fully saturated rings. The first kappa shape index (κ1) is 19.3. The minimum Gasteiger partial charge on any atom is -0.352 e. The molecule has 0 aliphatic rings. The van der Waals surface area contributed by atoms with Crippen LogP contribution in [0.15, 0.2) is 59.4 Å². The largest absolute Gasteiger partial charge is 0.352 e. The second-order valence-corrected chi connectivity index (χ2v) is 6.05. The highest BCUT2D eigenvalue weighted by Gasteiger charge is 2.09. The average Bonchev–Trinajstić information content (AvgIpc) is 2.67. The lowest BCUT2D eigenvalue weighted by Crippen LogP contribution is -2.28. The van der Waals surface area contributed by atoms with Crippen molar-refractivity contribution in [1.82, 2.24) is 15.1 Å². The molecule has 0 aliphatic carbocycles. The van der Waals surface area contributed by atoms with Crippen molar-refractivity contribution in [2.75, 3.05) is 0 Å². The van der Waals surface area contributed by atoms with E-state index in [0.29, 0.717) is 11.3 Å². The van der Waals surface area contributed by atoms with Gasteiger partial charge in [-0.3, -0.25) is 9.59 Å². The molecule has 1 amide bonds. The minimum atomic E-state index is -0.745. The van der Waals surface area contributed by atoms with E-state index in [2.05, 4.69) is 10.4 Å². The Labute approximate surface area is 158 Å². The molecule has 0 aliphatic heterocycles. The molecule has 0 spiro atoms. The number of nitrogens with zero attached hydrogens (tertiary/aromatic N) is 2. The van der Waals surface area contributed by atoms with Gasteiger partial charge >= 0.3 is 0 Å². The summed E-state index contributed by atoms with van der Waals surface area (Å²) in [5.74, 6) is -2.24. The highest BCUT2D eigenvalue weighted by molar-refractivity contribution is 5.75. The van der Waals surface area contributed by atoms with Crippen LogP contribution in [0.4, 0.5) is 13.2 Å². The van der Waals surface area contributed by atoms with E-state index < -0.39 is 17.5 Å². The molecule has 0 unspecified atom stereocenters. The number of aryl methyl sites for hydroxylation is 1. The first-order valence-electron chi connectivity index (χ1n) is 8.47. The molecule has 0 radical (unpaired) electrons. The molecule has 3 rings (SSSR count). The standard InChI is InChI=1S/C20H16F3N3O2/c21-15-4-1-13(2-5-15)18-7-8-20(28)26(25-18)10-9-19(27)24-12-14-3-6-16(22)11-17(14)23/h1-8,11H,9-10,12H2,(H,24,27). The van der Waals surface area contributed by atoms with E-state index in [4.69, 9.17) is 0 Å². The molecule has 1 aromatic heterocycles. The van der Waals surface area contributed by atoms with Gasteiger partial charge in [0, 0.05) is 36.2 Å². The zero-order valence-electron chi connectivity index (χ0n) is 14.7. The van der Waals surface area contributed by atoms with Gasteiger partial charge < -0.3 is 5.32 Å². The number of hydrogen-bond acceptors (Lipinski definition) is 3. The summed E-state index contributed by atoms with van der Waals surface area (Å²) in [7, 11) is 0. The summed E-state index contributed by atoms with van der Waals surface area (Å²) in [5, 5.41) is 6.70. The lowest BCUT2D eigenvalue weighted by Gasteiger charge is -2.09. The molecule has 144 valence electrons. The van der Waals surface area contributed by atoms with Gasteiger partial charge in [-0.2, -0.15) is 5.10 Å². The number of carbonyl (C=O) groups excluding carboxylic acids is 1. The lowest BCUT2D eigenvalue weighted by atomic mass is 10.1. The number of halogens is 3. The van der Waals surface area contributed by atoms with Crippen molar-refractivity contribution in [3.63, 3.8) is 0 Å². The van der Waals surface area contributed by atoms with Crippen molar-refractivity contribution >= 4 is 5.91 Å². The van der Waals surface area contributed by atoms with Crippen LogP contribution in [-0.2, 0) is 17.9 Å². The van der Waals surface area contributed by atoms with Crippen molar-refractivity contribution in [1.29, 1.82) is 0 Å². The quantitative estimate of drug-likeness (QED) is 0.707. The van der Waals surface area contributed by atoms with E-state index in [-0.39, 0.29) is 36.5 Å². The van der Waals surface area contributed by atoms with Gasteiger partial charge in [-0.05, 0) is 36.4 Å². The normalized spacial score (nSPS) is 10.7. The van der Waals surface area contributed by atoms with Crippen molar-refractivity contribution in [2.45, 2.75) is 19.5 Å². The summed E-state index contributed by atoms with van der Waals surface area (Å²) in [6.07, 6.45) is -0.0530. The van der Waals surface area contributed by atoms with Crippen LogP contribution < -0.4 is 10.9 Å². The fourth-order valence-corrected chi connectivity index (χ4v) is 2.54. The third-order valence-corrected chi connectivity index (χ3v) is 4.05. The second-order valence-electron chi connectivity index (χ2n) is 6.05. The maximum atomic E-state index is 13.6. The molecule has 0 bridgehead atoms. The molecular weight excluding hydrogens is 371 g/mol. The molecule has 28 heavy (non-hydrogen) atoms. The van der Waals surface area contributed by atoms with Gasteiger partial charge in [0.25, 0.3) is 5.56 Å². The van der Waals surface area contributed by atoms with Gasteiger partial charge in [0.15, 0.2) is 0 Å². The number of hydrogen-bond donors (Lipinski definition) is 1. The Bertz CT molecular complexity index is 1050. The number of carbonyl (C=O) groups is 1. The molecule has 0 saturated carbocycles. The first-order chi connectivity index (χ1) is 13.4. The van der Waals surface area contributed by atoms with E-state index in [0.717, 1.165) is 16.8 Å². The van der Waals surface area contributed by atoms with E-state index in [1.54, 1.807) is 0 Å². The van der Waals surface area contributed by atoms with Crippen LogP contribution in [0.1, 0.15) is 12.0 Å². The van der Waals surface area contributed by atoms with Crippen molar-refractivity contribution in [3.8, 4) is 11.3 Å². The number of rotatable bonds is 6. The van der Waals surface area contributed by atoms with Crippen LogP contribution in [-0.4, -0.2) is 15.7 Å². The highest BCUT2D eigenvalue weighted by atomic mass is 19.1. The van der Waals surface area contributed by atoms with Crippen LogP contribution >= 0.6 is 0 Å². The number of benzene rings is 2. The van der Waals surface area contributed by atoms with Crippen LogP contribution in [0.25, 0.3) is 11.3 Å². The Morgan fingerprint density at radius 2 is 1.68 bits per heavy atom. The minimum absolute atomic E-state index is 0.0194. The Morgan fingerprint density at radius 1 is 0.964 bits per heavy atom. The number of aromatic nitrogens is 2. The molecule has 8 heteroatoms. The third kappa shape index (κ3) is 4.85. The molecule has 0 saturated heterocycles. The second kappa shape index (κ2) is 8.51. The van der Waals surface area contributed by atoms with Gasteiger partial charge in [-0.25, -0.2) is 17.9 Å². The summed E-state index contributed by atoms with van der Waals surface area (Å²) < 4.78 is 40.6. The van der Waals surface area contributed by atoms with Crippen LogP contribution in [0.5, 0.6) is 0 Å². The fraction of sp³-hybridized carbons (Fsp3) is 0.150. The monoisotopic (exact) mass is 387 g/mol. The van der Waals surface area contributed by atoms with Gasteiger partial charge in [-0.1, -0.05) is 6.07 Å². The van der Waals surface area contributed by atoms with E-state index in [1.807, 2.05) is 0 Å². The zero-order chi connectivity index (χ0) is 20.1. The van der Waals surface area contributed by atoms with Gasteiger partial charge in [-0.15, -0.1) is 0 Å². The molecule has 1 N–H and O–H groups in total. The predicted molar refractivity (Wildman–Crippen MR) is 96.7 cm³/mol. The molecule has 0 atom stereocenters. The molecular formula is C20H16F3N3O2. The summed E-state index contributed by atoms with van der Waals surface area (Å²) in [4.78, 5) is 23.9. The smallest absolute Gasteiger partial charge is 0.266 e. The Balaban J connectivity index is 1.62. The van der Waals surface area contributed by atoms with Crippen LogP contribution in [0.2, 0.25) is 0 Å². The highest BCUT2D eigenvalue weighted by Crippen LogP contribution is 2.15. The summed E-state index contributed by atoms with van der Waals surface area (Å²) in [5.41, 5.74) is 0.867. The third-order valence-electron chi connectivity index (χ3n) is 4.05.